The summed E-state index contributed by atoms with van der Waals surface area (Å²) in [5, 5.41) is 3.31. The number of anilines is 2. The molecule has 106 valence electrons. The fourth-order valence-corrected chi connectivity index (χ4v) is 2.77. The minimum Gasteiger partial charge on any atom is -0.368 e. The molecule has 1 aliphatic rings. The van der Waals surface area contributed by atoms with Gasteiger partial charge in [0.2, 0.25) is 5.95 Å². The van der Waals surface area contributed by atoms with Crippen LogP contribution in [0.2, 0.25) is 0 Å². The van der Waals surface area contributed by atoms with Gasteiger partial charge < -0.3 is 10.2 Å². The number of hydrogen-bond donors (Lipinski definition) is 3. The van der Waals surface area contributed by atoms with Gasteiger partial charge in [0.05, 0.1) is 4.47 Å². The van der Waals surface area contributed by atoms with Crippen LogP contribution in [0.3, 0.4) is 0 Å². The molecular weight excluding hydrogens is 308 g/mol. The molecule has 7 heteroatoms. The van der Waals surface area contributed by atoms with Gasteiger partial charge in [-0.05, 0) is 35.8 Å². The summed E-state index contributed by atoms with van der Waals surface area (Å²) in [6.07, 6.45) is 7.08. The Labute approximate surface area is 122 Å². The molecule has 0 aromatic carbocycles. The van der Waals surface area contributed by atoms with Crippen molar-refractivity contribution in [2.24, 2.45) is 5.84 Å². The number of halogens is 1. The van der Waals surface area contributed by atoms with Crippen LogP contribution in [0.1, 0.15) is 25.7 Å². The van der Waals surface area contributed by atoms with Crippen LogP contribution in [0, 0.1) is 0 Å². The lowest BCUT2D eigenvalue weighted by molar-refractivity contribution is 0.254. The minimum absolute atomic E-state index is 0.412. The van der Waals surface area contributed by atoms with Crippen LogP contribution in [0.25, 0.3) is 0 Å². The lowest BCUT2D eigenvalue weighted by Gasteiger charge is -2.24. The quantitative estimate of drug-likeness (QED) is 0.546. The third-order valence-corrected chi connectivity index (χ3v) is 4.16. The van der Waals surface area contributed by atoms with E-state index in [9.17, 15) is 0 Å². The van der Waals surface area contributed by atoms with Gasteiger partial charge in [-0.25, -0.2) is 10.8 Å². The summed E-state index contributed by atoms with van der Waals surface area (Å²) in [6, 6.07) is 0.747. The summed E-state index contributed by atoms with van der Waals surface area (Å²) in [6.45, 7) is 1.86. The Hall–Kier alpha value is -0.920. The number of aromatic nitrogens is 2. The first-order valence-corrected chi connectivity index (χ1v) is 7.43. The second-order valence-corrected chi connectivity index (χ2v) is 5.73. The van der Waals surface area contributed by atoms with E-state index < -0.39 is 0 Å². The van der Waals surface area contributed by atoms with E-state index >= 15 is 0 Å². The Bertz CT molecular complexity index is 407. The van der Waals surface area contributed by atoms with Gasteiger partial charge >= 0.3 is 0 Å². The van der Waals surface area contributed by atoms with Crippen LogP contribution in [-0.4, -0.2) is 41.0 Å². The van der Waals surface area contributed by atoms with Crippen molar-refractivity contribution in [1.82, 2.24) is 14.9 Å². The second kappa shape index (κ2) is 7.02. The van der Waals surface area contributed by atoms with Crippen LogP contribution >= 0.6 is 15.9 Å². The predicted octanol–water partition coefficient (Wildman–Crippen LogP) is 1.81. The van der Waals surface area contributed by atoms with E-state index in [4.69, 9.17) is 5.84 Å². The largest absolute Gasteiger partial charge is 0.368 e. The van der Waals surface area contributed by atoms with Crippen LogP contribution in [-0.2, 0) is 0 Å². The number of nitrogen functional groups attached to an aromatic ring is 1. The molecule has 0 atom stereocenters. The average Bonchev–Trinajstić information content (AvgIpc) is 2.95. The molecule has 4 N–H and O–H groups in total. The van der Waals surface area contributed by atoms with Crippen molar-refractivity contribution < 1.29 is 0 Å². The molecule has 0 aliphatic heterocycles. The van der Waals surface area contributed by atoms with Gasteiger partial charge in [-0.2, -0.15) is 4.98 Å². The van der Waals surface area contributed by atoms with Gasteiger partial charge in [0, 0.05) is 25.3 Å². The molecule has 0 amide bonds. The number of hydrazine groups is 1. The van der Waals surface area contributed by atoms with Gasteiger partial charge in [-0.1, -0.05) is 12.8 Å². The van der Waals surface area contributed by atoms with Crippen LogP contribution in [0.15, 0.2) is 10.7 Å². The van der Waals surface area contributed by atoms with Crippen molar-refractivity contribution in [1.29, 1.82) is 0 Å². The zero-order chi connectivity index (χ0) is 13.7. The SMILES string of the molecule is CN(CCNc1nc(NN)ncc1Br)C1CCCC1. The maximum atomic E-state index is 5.30. The van der Waals surface area contributed by atoms with E-state index in [-0.39, 0.29) is 0 Å². The highest BCUT2D eigenvalue weighted by molar-refractivity contribution is 9.10. The van der Waals surface area contributed by atoms with E-state index in [2.05, 4.69) is 48.6 Å². The normalized spacial score (nSPS) is 16.0. The lowest BCUT2D eigenvalue weighted by atomic mass is 10.2. The Morgan fingerprint density at radius 3 is 2.89 bits per heavy atom. The van der Waals surface area contributed by atoms with E-state index in [1.807, 2.05) is 0 Å². The topological polar surface area (TPSA) is 79.1 Å². The van der Waals surface area contributed by atoms with Crippen molar-refractivity contribution in [3.63, 3.8) is 0 Å². The van der Waals surface area contributed by atoms with Gasteiger partial charge in [0.1, 0.15) is 5.82 Å². The van der Waals surface area contributed by atoms with Crippen molar-refractivity contribution in [3.8, 4) is 0 Å². The number of nitrogens with two attached hydrogens (primary N) is 1. The molecular formula is C12H21BrN6. The summed E-state index contributed by atoms with van der Waals surface area (Å²) in [5.74, 6) is 6.48. The monoisotopic (exact) mass is 328 g/mol. The molecule has 0 unspecified atom stereocenters. The number of hydrogen-bond acceptors (Lipinski definition) is 6. The van der Waals surface area contributed by atoms with E-state index in [1.54, 1.807) is 6.20 Å². The molecule has 0 saturated heterocycles. The molecule has 19 heavy (non-hydrogen) atoms. The smallest absolute Gasteiger partial charge is 0.239 e. The molecule has 0 spiro atoms. The fourth-order valence-electron chi connectivity index (χ4n) is 2.44. The molecule has 1 aromatic heterocycles. The molecule has 6 nitrogen and oxygen atoms in total. The van der Waals surface area contributed by atoms with E-state index in [1.165, 1.54) is 25.7 Å². The van der Waals surface area contributed by atoms with Crippen molar-refractivity contribution in [3.05, 3.63) is 10.7 Å². The molecule has 1 aliphatic carbocycles. The van der Waals surface area contributed by atoms with Gasteiger partial charge in [-0.3, -0.25) is 5.43 Å². The average molecular weight is 329 g/mol. The highest BCUT2D eigenvalue weighted by Gasteiger charge is 2.18. The van der Waals surface area contributed by atoms with Crippen LogP contribution < -0.4 is 16.6 Å². The van der Waals surface area contributed by atoms with Crippen molar-refractivity contribution in [2.45, 2.75) is 31.7 Å². The molecule has 2 rings (SSSR count). The molecule has 1 heterocycles. The number of nitrogens with one attached hydrogen (secondary N) is 2. The third kappa shape index (κ3) is 4.02. The summed E-state index contributed by atoms with van der Waals surface area (Å²) in [7, 11) is 2.19. The van der Waals surface area contributed by atoms with Crippen molar-refractivity contribution >= 4 is 27.7 Å². The molecule has 0 radical (unpaired) electrons. The summed E-state index contributed by atoms with van der Waals surface area (Å²) in [4.78, 5) is 10.7. The summed E-state index contributed by atoms with van der Waals surface area (Å²) >= 11 is 3.42. The van der Waals surface area contributed by atoms with E-state index in [0.717, 1.165) is 29.4 Å². The zero-order valence-corrected chi connectivity index (χ0v) is 12.8. The maximum Gasteiger partial charge on any atom is 0.239 e. The second-order valence-electron chi connectivity index (χ2n) is 4.88. The minimum atomic E-state index is 0.412. The first kappa shape index (κ1) is 14.5. The highest BCUT2D eigenvalue weighted by Crippen LogP contribution is 2.22. The Morgan fingerprint density at radius 1 is 1.47 bits per heavy atom. The Balaban J connectivity index is 1.81. The highest BCUT2D eigenvalue weighted by atomic mass is 79.9. The maximum absolute atomic E-state index is 5.30. The summed E-state index contributed by atoms with van der Waals surface area (Å²) < 4.78 is 0.843. The van der Waals surface area contributed by atoms with E-state index in [0.29, 0.717) is 5.95 Å². The van der Waals surface area contributed by atoms with Crippen LogP contribution in [0.4, 0.5) is 11.8 Å². The number of rotatable bonds is 6. The third-order valence-electron chi connectivity index (χ3n) is 3.58. The first-order valence-electron chi connectivity index (χ1n) is 6.64. The number of nitrogens with zero attached hydrogens (tertiary/aromatic N) is 3. The predicted molar refractivity (Wildman–Crippen MR) is 80.9 cm³/mol. The van der Waals surface area contributed by atoms with Gasteiger partial charge in [0.25, 0.3) is 0 Å². The molecule has 1 saturated carbocycles. The zero-order valence-electron chi connectivity index (χ0n) is 11.2. The van der Waals surface area contributed by atoms with Crippen LogP contribution in [0.5, 0.6) is 0 Å². The van der Waals surface area contributed by atoms with Gasteiger partial charge in [-0.15, -0.1) is 0 Å². The Morgan fingerprint density at radius 2 is 2.21 bits per heavy atom. The standard InChI is InChI=1S/C12H21BrN6/c1-19(9-4-2-3-5-9)7-6-15-11-10(13)8-16-12(17-11)18-14/h8-9H,2-7,14H2,1H3,(H2,15,16,17,18). The summed E-state index contributed by atoms with van der Waals surface area (Å²) in [5.41, 5.74) is 2.45. The van der Waals surface area contributed by atoms with Gasteiger partial charge in [0.15, 0.2) is 0 Å². The first-order chi connectivity index (χ1) is 9.20. The fraction of sp³-hybridized carbons (Fsp3) is 0.667. The lowest BCUT2D eigenvalue weighted by Crippen LogP contribution is -2.33. The Kier molecular flexibility index (Phi) is 5.35. The van der Waals surface area contributed by atoms with Crippen molar-refractivity contribution in [2.75, 3.05) is 30.9 Å². The molecule has 1 aromatic rings. The molecule has 0 bridgehead atoms. The molecule has 1 fully saturated rings. The number of likely N-dealkylation sites (N-methyl/N-ethyl adjacent to an activating group) is 1.